The van der Waals surface area contributed by atoms with Gasteiger partial charge in [0.25, 0.3) is 0 Å². The molecule has 0 aliphatic heterocycles. The van der Waals surface area contributed by atoms with Crippen LogP contribution in [0.3, 0.4) is 0 Å². The van der Waals surface area contributed by atoms with Crippen molar-refractivity contribution in [2.75, 3.05) is 13.2 Å². The van der Waals surface area contributed by atoms with Gasteiger partial charge in [-0.15, -0.1) is 0 Å². The standard InChI is InChI=1S/C46H52N2O9/c1-2-41(49)54-30-12-4-3-11-29-53-36-22-17-32(18-23-36)19-28-42(50)55-37-24-20-35(21-25-37)46(52)57-40-27-26-39(56-45(51)34-15-9-6-10-16-34)43-44(40)48-38(31-47-43)33-13-7-5-8-14-33/h2,5,7-8,13-14,17-18,22-23,26-27,31,34-35,37H,1,3-4,6,9-12,15-16,19-21,24-25,28-30H2/t35-,37-. The van der Waals surface area contributed by atoms with Crippen molar-refractivity contribution in [1.82, 2.24) is 9.97 Å². The molecule has 11 heteroatoms. The van der Waals surface area contributed by atoms with Gasteiger partial charge in [-0.25, -0.2) is 14.8 Å². The van der Waals surface area contributed by atoms with Crippen LogP contribution in [0.5, 0.6) is 17.2 Å². The largest absolute Gasteiger partial charge is 0.494 e. The van der Waals surface area contributed by atoms with E-state index in [-0.39, 0.29) is 48.0 Å². The van der Waals surface area contributed by atoms with Crippen LogP contribution >= 0.6 is 0 Å². The van der Waals surface area contributed by atoms with Gasteiger partial charge in [0.1, 0.15) is 22.9 Å². The van der Waals surface area contributed by atoms with Gasteiger partial charge >= 0.3 is 23.9 Å². The van der Waals surface area contributed by atoms with Gasteiger partial charge in [-0.1, -0.05) is 68.3 Å². The SMILES string of the molecule is C=CC(=O)OCCCCCCOc1ccc(CCC(=O)O[C@H]2CC[C@H](C(=O)Oc3ccc(OC(=O)C4CCCCC4)c4ncc(-c5ccccc5)nc34)CC2)cc1. The summed E-state index contributed by atoms with van der Waals surface area (Å²) in [5.74, 6) is -0.474. The van der Waals surface area contributed by atoms with Crippen LogP contribution < -0.4 is 14.2 Å². The fourth-order valence-corrected chi connectivity index (χ4v) is 7.32. The number of carbonyl (C=O) groups excluding carboxylic acids is 4. The van der Waals surface area contributed by atoms with Crippen LogP contribution in [0.1, 0.15) is 95.5 Å². The molecule has 0 saturated heterocycles. The maximum absolute atomic E-state index is 13.5. The predicted octanol–water partition coefficient (Wildman–Crippen LogP) is 9.09. The summed E-state index contributed by atoms with van der Waals surface area (Å²) in [5.41, 5.74) is 3.17. The number of hydrogen-bond donors (Lipinski definition) is 0. The van der Waals surface area contributed by atoms with Gasteiger partial charge < -0.3 is 23.7 Å². The Hall–Kier alpha value is -5.58. The van der Waals surface area contributed by atoms with Gasteiger partial charge in [-0.3, -0.25) is 14.4 Å². The van der Waals surface area contributed by atoms with Crippen molar-refractivity contribution in [1.29, 1.82) is 0 Å². The third-order valence-corrected chi connectivity index (χ3v) is 10.6. The lowest BCUT2D eigenvalue weighted by Gasteiger charge is -2.27. The Balaban J connectivity index is 0.952. The van der Waals surface area contributed by atoms with Crippen LogP contribution in [0.15, 0.2) is 85.6 Å². The Kier molecular flexibility index (Phi) is 15.2. The minimum Gasteiger partial charge on any atom is -0.494 e. The molecular weight excluding hydrogens is 725 g/mol. The number of aryl methyl sites for hydroxylation is 1. The van der Waals surface area contributed by atoms with Crippen molar-refractivity contribution < 1.29 is 42.9 Å². The van der Waals surface area contributed by atoms with E-state index in [1.807, 2.05) is 54.6 Å². The summed E-state index contributed by atoms with van der Waals surface area (Å²) >= 11 is 0. The van der Waals surface area contributed by atoms with E-state index in [4.69, 9.17) is 28.7 Å². The number of aromatic nitrogens is 2. The summed E-state index contributed by atoms with van der Waals surface area (Å²) in [6.07, 6.45) is 14.0. The second-order valence-corrected chi connectivity index (χ2v) is 14.8. The highest BCUT2D eigenvalue weighted by Crippen LogP contribution is 2.36. The van der Waals surface area contributed by atoms with Gasteiger partial charge in [-0.2, -0.15) is 0 Å². The molecule has 2 aliphatic carbocycles. The van der Waals surface area contributed by atoms with Gasteiger partial charge in [0.15, 0.2) is 11.5 Å². The molecule has 1 aromatic heterocycles. The first-order chi connectivity index (χ1) is 27.9. The number of unbranched alkanes of at least 4 members (excludes halogenated alkanes) is 3. The van der Waals surface area contributed by atoms with Gasteiger partial charge in [0.05, 0.1) is 36.9 Å². The highest BCUT2D eigenvalue weighted by atomic mass is 16.6. The smallest absolute Gasteiger partial charge is 0.330 e. The van der Waals surface area contributed by atoms with E-state index in [0.29, 0.717) is 67.8 Å². The van der Waals surface area contributed by atoms with Crippen LogP contribution in [0, 0.1) is 11.8 Å². The molecule has 2 aliphatic rings. The van der Waals surface area contributed by atoms with Crippen molar-refractivity contribution in [2.24, 2.45) is 11.8 Å². The Labute approximate surface area is 334 Å². The molecule has 0 amide bonds. The molecular formula is C46H52N2O9. The number of ether oxygens (including phenoxy) is 5. The van der Waals surface area contributed by atoms with Gasteiger partial charge in [-0.05, 0) is 100 Å². The maximum atomic E-state index is 13.5. The Morgan fingerprint density at radius 1 is 0.702 bits per heavy atom. The van der Waals surface area contributed by atoms with E-state index in [9.17, 15) is 19.2 Å². The van der Waals surface area contributed by atoms with E-state index in [1.165, 1.54) is 6.08 Å². The van der Waals surface area contributed by atoms with E-state index < -0.39 is 5.97 Å². The predicted molar refractivity (Wildman–Crippen MR) is 215 cm³/mol. The molecule has 2 fully saturated rings. The van der Waals surface area contributed by atoms with Crippen molar-refractivity contribution in [3.63, 3.8) is 0 Å². The van der Waals surface area contributed by atoms with Crippen LogP contribution in [0.25, 0.3) is 22.3 Å². The summed E-state index contributed by atoms with van der Waals surface area (Å²) in [5, 5.41) is 0. The second-order valence-electron chi connectivity index (χ2n) is 14.8. The normalized spacial score (nSPS) is 17.0. The summed E-state index contributed by atoms with van der Waals surface area (Å²) in [4.78, 5) is 59.9. The molecule has 0 atom stereocenters. The zero-order chi connectivity index (χ0) is 39.8. The number of hydrogen-bond acceptors (Lipinski definition) is 11. The molecule has 3 aromatic carbocycles. The summed E-state index contributed by atoms with van der Waals surface area (Å²) in [6.45, 7) is 4.39. The molecule has 0 unspecified atom stereocenters. The molecule has 4 aromatic rings. The summed E-state index contributed by atoms with van der Waals surface area (Å²) in [7, 11) is 0. The lowest BCUT2D eigenvalue weighted by Crippen LogP contribution is -2.30. The molecule has 0 bridgehead atoms. The molecule has 11 nitrogen and oxygen atoms in total. The lowest BCUT2D eigenvalue weighted by atomic mass is 9.87. The average molecular weight is 777 g/mol. The Bertz CT molecular complexity index is 1970. The highest BCUT2D eigenvalue weighted by molar-refractivity contribution is 5.92. The third kappa shape index (κ3) is 12.2. The monoisotopic (exact) mass is 776 g/mol. The van der Waals surface area contributed by atoms with Crippen LogP contribution in [0.2, 0.25) is 0 Å². The van der Waals surface area contributed by atoms with Crippen LogP contribution in [0.4, 0.5) is 0 Å². The number of benzene rings is 3. The van der Waals surface area contributed by atoms with Crippen molar-refractivity contribution in [3.05, 3.63) is 91.1 Å². The zero-order valence-electron chi connectivity index (χ0n) is 32.5. The number of carbonyl (C=O) groups is 4. The summed E-state index contributed by atoms with van der Waals surface area (Å²) < 4.78 is 28.5. The minimum atomic E-state index is -0.390. The first-order valence-corrected chi connectivity index (χ1v) is 20.3. The molecule has 6 rings (SSSR count). The molecule has 0 N–H and O–H groups in total. The number of esters is 4. The molecule has 1 heterocycles. The molecule has 57 heavy (non-hydrogen) atoms. The van der Waals surface area contributed by atoms with Crippen molar-refractivity contribution in [2.45, 2.75) is 102 Å². The minimum absolute atomic E-state index is 0.140. The number of nitrogens with zero attached hydrogens (tertiary/aromatic N) is 2. The van der Waals surface area contributed by atoms with Crippen molar-refractivity contribution in [3.8, 4) is 28.5 Å². The molecule has 2 saturated carbocycles. The number of fused-ring (bicyclic) bond motifs is 1. The maximum Gasteiger partial charge on any atom is 0.330 e. The molecule has 0 spiro atoms. The zero-order valence-corrected chi connectivity index (χ0v) is 32.5. The highest BCUT2D eigenvalue weighted by Gasteiger charge is 2.31. The Morgan fingerprint density at radius 2 is 1.35 bits per heavy atom. The Morgan fingerprint density at radius 3 is 2.04 bits per heavy atom. The van der Waals surface area contributed by atoms with Crippen LogP contribution in [-0.4, -0.2) is 53.2 Å². The lowest BCUT2D eigenvalue weighted by molar-refractivity contribution is -0.152. The molecule has 300 valence electrons. The first-order valence-electron chi connectivity index (χ1n) is 20.3. The fraction of sp³-hybridized carbons (Fsp3) is 0.435. The first kappa shape index (κ1) is 41.1. The van der Waals surface area contributed by atoms with Crippen LogP contribution in [-0.2, 0) is 35.1 Å². The fourth-order valence-electron chi connectivity index (χ4n) is 7.32. The second kappa shape index (κ2) is 21.1. The summed E-state index contributed by atoms with van der Waals surface area (Å²) in [6, 6.07) is 20.6. The quantitative estimate of drug-likeness (QED) is 0.0414. The van der Waals surface area contributed by atoms with Gasteiger partial charge in [0, 0.05) is 18.1 Å². The average Bonchev–Trinajstić information content (AvgIpc) is 3.25. The van der Waals surface area contributed by atoms with Gasteiger partial charge in [0.2, 0.25) is 0 Å². The number of rotatable bonds is 18. The van der Waals surface area contributed by atoms with E-state index in [0.717, 1.165) is 74.7 Å². The molecule has 0 radical (unpaired) electrons. The van der Waals surface area contributed by atoms with E-state index in [2.05, 4.69) is 11.6 Å². The van der Waals surface area contributed by atoms with E-state index >= 15 is 0 Å². The third-order valence-electron chi connectivity index (χ3n) is 10.6. The van der Waals surface area contributed by atoms with Crippen molar-refractivity contribution >= 4 is 34.9 Å². The van der Waals surface area contributed by atoms with E-state index in [1.54, 1.807) is 18.3 Å². The topological polar surface area (TPSA) is 140 Å².